The van der Waals surface area contributed by atoms with Gasteiger partial charge in [0.25, 0.3) is 5.56 Å². The molecule has 0 bridgehead atoms. The maximum Gasteiger partial charge on any atom is 0.408 e. The molecule has 0 aliphatic heterocycles. The largest absolute Gasteiger partial charge is 0.408 e. The molecule has 0 saturated heterocycles. The molecule has 2 aromatic heterocycles. The Morgan fingerprint density at radius 3 is 2.81 bits per heavy atom. The lowest BCUT2D eigenvalue weighted by atomic mass is 10.3. The molecule has 114 valence electrons. The molecule has 0 amide bonds. The van der Waals surface area contributed by atoms with Crippen LogP contribution in [0.4, 0.5) is 18.9 Å². The summed E-state index contributed by atoms with van der Waals surface area (Å²) in [5, 5.41) is 8.48. The molecule has 2 rings (SSSR count). The lowest BCUT2D eigenvalue weighted by Gasteiger charge is -2.11. The summed E-state index contributed by atoms with van der Waals surface area (Å²) in [6.45, 7) is -0.844. The molecule has 0 saturated carbocycles. The monoisotopic (exact) mass is 381 g/mol. The zero-order valence-corrected chi connectivity index (χ0v) is 13.1. The Bertz CT molecular complexity index is 655. The van der Waals surface area contributed by atoms with E-state index in [0.717, 1.165) is 6.42 Å². The van der Waals surface area contributed by atoms with Gasteiger partial charge in [0, 0.05) is 11.4 Å². The summed E-state index contributed by atoms with van der Waals surface area (Å²) in [6, 6.07) is 3.93. The molecule has 0 spiro atoms. The molecule has 2 heterocycles. The summed E-state index contributed by atoms with van der Waals surface area (Å²) in [7, 11) is 0. The van der Waals surface area contributed by atoms with Gasteiger partial charge in [0.15, 0.2) is 0 Å². The van der Waals surface area contributed by atoms with Crippen molar-refractivity contribution >= 4 is 33.0 Å². The van der Waals surface area contributed by atoms with Crippen LogP contribution in [-0.2, 0) is 13.0 Å². The van der Waals surface area contributed by atoms with E-state index in [1.165, 1.54) is 11.1 Å². The zero-order valence-electron chi connectivity index (χ0n) is 10.7. The van der Waals surface area contributed by atoms with E-state index in [2.05, 4.69) is 26.3 Å². The van der Waals surface area contributed by atoms with Gasteiger partial charge in [-0.15, -0.1) is 11.3 Å². The minimum absolute atomic E-state index is 0.0490. The number of nitrogens with zero attached hydrogens (tertiary/aromatic N) is 2. The molecule has 0 atom stereocenters. The lowest BCUT2D eigenvalue weighted by Crippen LogP contribution is -2.31. The molecule has 0 aromatic carbocycles. The van der Waals surface area contributed by atoms with Crippen LogP contribution in [0.2, 0.25) is 0 Å². The number of aromatic nitrogens is 2. The van der Waals surface area contributed by atoms with Gasteiger partial charge in [-0.05, 0) is 33.8 Å². The first kappa shape index (κ1) is 16.0. The summed E-state index contributed by atoms with van der Waals surface area (Å²) in [4.78, 5) is 13.0. The van der Waals surface area contributed by atoms with Crippen LogP contribution >= 0.6 is 27.3 Å². The topological polar surface area (TPSA) is 46.9 Å². The van der Waals surface area contributed by atoms with E-state index in [4.69, 9.17) is 0 Å². The van der Waals surface area contributed by atoms with Crippen LogP contribution in [0.3, 0.4) is 0 Å². The van der Waals surface area contributed by atoms with Crippen molar-refractivity contribution in [2.45, 2.75) is 19.1 Å². The summed E-state index contributed by atoms with van der Waals surface area (Å²) >= 11 is 4.63. The van der Waals surface area contributed by atoms with Crippen LogP contribution in [0.5, 0.6) is 0 Å². The number of hydrogen-bond donors (Lipinski definition) is 1. The smallest absolute Gasteiger partial charge is 0.382 e. The Hall–Kier alpha value is -1.35. The van der Waals surface area contributed by atoms with Crippen molar-refractivity contribution in [2.75, 3.05) is 11.9 Å². The molecule has 9 heteroatoms. The van der Waals surface area contributed by atoms with Crippen molar-refractivity contribution in [1.29, 1.82) is 0 Å². The first-order valence-corrected chi connectivity index (χ1v) is 7.63. The van der Waals surface area contributed by atoms with Crippen molar-refractivity contribution in [3.05, 3.63) is 43.4 Å². The van der Waals surface area contributed by atoms with Crippen molar-refractivity contribution < 1.29 is 13.2 Å². The number of rotatable bonds is 5. The van der Waals surface area contributed by atoms with Gasteiger partial charge in [0.2, 0.25) is 0 Å². The summed E-state index contributed by atoms with van der Waals surface area (Å²) < 4.78 is 37.3. The Labute approximate surface area is 130 Å². The van der Waals surface area contributed by atoms with E-state index in [-0.39, 0.29) is 4.47 Å². The second-order valence-electron chi connectivity index (χ2n) is 4.21. The fraction of sp³-hybridized carbons (Fsp3) is 0.333. The van der Waals surface area contributed by atoms with E-state index in [0.29, 0.717) is 16.9 Å². The molecule has 0 unspecified atom stereocenters. The van der Waals surface area contributed by atoms with Gasteiger partial charge in [0.05, 0.1) is 11.9 Å². The molecule has 4 nitrogen and oxygen atoms in total. The normalized spacial score (nSPS) is 11.6. The van der Waals surface area contributed by atoms with Crippen molar-refractivity contribution in [3.63, 3.8) is 0 Å². The van der Waals surface area contributed by atoms with Crippen LogP contribution in [-0.4, -0.2) is 22.5 Å². The maximum atomic E-state index is 12.3. The summed E-state index contributed by atoms with van der Waals surface area (Å²) in [5.74, 6) is 0. The quantitative estimate of drug-likeness (QED) is 0.864. The van der Waals surface area contributed by atoms with Gasteiger partial charge in [0.1, 0.15) is 11.0 Å². The highest BCUT2D eigenvalue weighted by Gasteiger charge is 2.29. The molecule has 1 N–H and O–H groups in total. The average molecular weight is 382 g/mol. The number of halogens is 4. The van der Waals surface area contributed by atoms with Crippen molar-refractivity contribution in [3.8, 4) is 0 Å². The molecule has 0 aliphatic carbocycles. The second-order valence-corrected chi connectivity index (χ2v) is 6.03. The zero-order chi connectivity index (χ0) is 15.5. The predicted molar refractivity (Wildman–Crippen MR) is 78.8 cm³/mol. The highest BCUT2D eigenvalue weighted by molar-refractivity contribution is 9.10. The molecule has 0 radical (unpaired) electrons. The highest BCUT2D eigenvalue weighted by Crippen LogP contribution is 2.19. The van der Waals surface area contributed by atoms with E-state index < -0.39 is 18.3 Å². The van der Waals surface area contributed by atoms with Gasteiger partial charge < -0.3 is 5.32 Å². The Balaban J connectivity index is 2.04. The number of anilines is 1. The van der Waals surface area contributed by atoms with Crippen LogP contribution in [0.15, 0.2) is 33.0 Å². The Kier molecular flexibility index (Phi) is 5.04. The van der Waals surface area contributed by atoms with Gasteiger partial charge >= 0.3 is 6.18 Å². The minimum atomic E-state index is -4.48. The number of thiophene rings is 1. The van der Waals surface area contributed by atoms with Crippen LogP contribution in [0.25, 0.3) is 0 Å². The maximum absolute atomic E-state index is 12.3. The standard InChI is InChI=1S/C12H11BrF3N3OS/c13-10-9(17-4-3-8-2-1-5-21-8)6-18-19(11(10)20)7-12(14,15)16/h1-2,5-6,17H,3-4,7H2. The van der Waals surface area contributed by atoms with Gasteiger partial charge in [-0.2, -0.15) is 18.3 Å². The number of nitrogens with one attached hydrogen (secondary N) is 1. The van der Waals surface area contributed by atoms with Gasteiger partial charge in [-0.1, -0.05) is 6.07 Å². The molecule has 0 aliphatic rings. The van der Waals surface area contributed by atoms with Gasteiger partial charge in [-0.25, -0.2) is 4.68 Å². The van der Waals surface area contributed by atoms with E-state index in [1.54, 1.807) is 11.3 Å². The van der Waals surface area contributed by atoms with Crippen LogP contribution in [0, 0.1) is 0 Å². The highest BCUT2D eigenvalue weighted by atomic mass is 79.9. The molecule has 2 aromatic rings. The Morgan fingerprint density at radius 1 is 1.43 bits per heavy atom. The van der Waals surface area contributed by atoms with E-state index in [1.807, 2.05) is 17.5 Å². The van der Waals surface area contributed by atoms with Gasteiger partial charge in [-0.3, -0.25) is 4.79 Å². The van der Waals surface area contributed by atoms with Crippen molar-refractivity contribution in [2.24, 2.45) is 0 Å². The Morgan fingerprint density at radius 2 is 2.19 bits per heavy atom. The van der Waals surface area contributed by atoms with Crippen molar-refractivity contribution in [1.82, 2.24) is 9.78 Å². The third-order valence-corrected chi connectivity index (χ3v) is 4.28. The third-order valence-electron chi connectivity index (χ3n) is 2.58. The predicted octanol–water partition coefficient (Wildman–Crippen LogP) is 3.28. The summed E-state index contributed by atoms with van der Waals surface area (Å²) in [5.41, 5.74) is -0.427. The first-order valence-electron chi connectivity index (χ1n) is 5.95. The number of hydrogen-bond acceptors (Lipinski definition) is 4. The molecular weight excluding hydrogens is 371 g/mol. The van der Waals surface area contributed by atoms with Crippen LogP contribution < -0.4 is 10.9 Å². The van der Waals surface area contributed by atoms with E-state index >= 15 is 0 Å². The van der Waals surface area contributed by atoms with E-state index in [9.17, 15) is 18.0 Å². The molecule has 0 fully saturated rings. The SMILES string of the molecule is O=c1c(Br)c(NCCc2cccs2)cnn1CC(F)(F)F. The fourth-order valence-electron chi connectivity index (χ4n) is 1.65. The summed E-state index contributed by atoms with van der Waals surface area (Å²) in [6.07, 6.45) is -2.51. The fourth-order valence-corrected chi connectivity index (χ4v) is 2.80. The average Bonchev–Trinajstić information content (AvgIpc) is 2.89. The lowest BCUT2D eigenvalue weighted by molar-refractivity contribution is -0.143. The molecule has 21 heavy (non-hydrogen) atoms. The molecular formula is C12H11BrF3N3OS. The third kappa shape index (κ3) is 4.57. The number of alkyl halides is 3. The second kappa shape index (κ2) is 6.61. The van der Waals surface area contributed by atoms with Crippen LogP contribution in [0.1, 0.15) is 4.88 Å². The minimum Gasteiger partial charge on any atom is -0.382 e. The first-order chi connectivity index (χ1) is 9.87.